The van der Waals surface area contributed by atoms with Gasteiger partial charge in [0, 0.05) is 62.4 Å². The first-order valence-corrected chi connectivity index (χ1v) is 13.4. The molecule has 3 aromatic heterocycles. The number of carbonyl (C=O) groups excluding carboxylic acids is 2. The number of allylic oxidation sites excluding steroid dienone is 1. The number of rotatable bonds is 5. The average Bonchev–Trinajstić information content (AvgIpc) is 3.69. The number of pyridine rings is 1. The summed E-state index contributed by atoms with van der Waals surface area (Å²) in [5.41, 5.74) is 4.56. The Bertz CT molecular complexity index is 1670. The van der Waals surface area contributed by atoms with Crippen LogP contribution in [0.1, 0.15) is 34.5 Å². The van der Waals surface area contributed by atoms with Crippen molar-refractivity contribution in [2.75, 3.05) is 23.3 Å². The van der Waals surface area contributed by atoms with Crippen LogP contribution in [0.15, 0.2) is 54.9 Å². The molecular weight excluding hydrogens is 510 g/mol. The maximum atomic E-state index is 13.4. The van der Waals surface area contributed by atoms with Gasteiger partial charge in [-0.2, -0.15) is 0 Å². The summed E-state index contributed by atoms with van der Waals surface area (Å²) in [6, 6.07) is 6.71. The summed E-state index contributed by atoms with van der Waals surface area (Å²) in [5, 5.41) is 6.57. The van der Waals surface area contributed by atoms with Crippen LogP contribution in [0.2, 0.25) is 0 Å². The first kappa shape index (κ1) is 24.4. The number of carbonyl (C=O) groups is 2. The van der Waals surface area contributed by atoms with Crippen molar-refractivity contribution in [2.45, 2.75) is 31.6 Å². The predicted molar refractivity (Wildman–Crippen MR) is 149 cm³/mol. The first-order chi connectivity index (χ1) is 19.4. The van der Waals surface area contributed by atoms with Crippen LogP contribution in [0.4, 0.5) is 16.2 Å². The van der Waals surface area contributed by atoms with Crippen LogP contribution in [0.5, 0.6) is 5.75 Å². The number of imidazole rings is 1. The molecule has 11 heteroatoms. The van der Waals surface area contributed by atoms with Gasteiger partial charge in [-0.1, -0.05) is 0 Å². The maximum absolute atomic E-state index is 13.4. The van der Waals surface area contributed by atoms with E-state index in [-0.39, 0.29) is 29.8 Å². The summed E-state index contributed by atoms with van der Waals surface area (Å²) in [4.78, 5) is 36.9. The van der Waals surface area contributed by atoms with Crippen molar-refractivity contribution in [2.24, 2.45) is 14.1 Å². The predicted octanol–water partition coefficient (Wildman–Crippen LogP) is 3.61. The van der Waals surface area contributed by atoms with Gasteiger partial charge in [-0.05, 0) is 43.2 Å². The molecule has 2 unspecified atom stereocenters. The highest BCUT2D eigenvalue weighted by atomic mass is 16.5. The summed E-state index contributed by atoms with van der Waals surface area (Å²) < 4.78 is 15.8. The Balaban J connectivity index is 1.13. The number of aryl methyl sites for hydroxylation is 2. The van der Waals surface area contributed by atoms with Crippen molar-refractivity contribution < 1.29 is 19.1 Å². The highest BCUT2D eigenvalue weighted by molar-refractivity contribution is 6.16. The zero-order valence-corrected chi connectivity index (χ0v) is 22.3. The van der Waals surface area contributed by atoms with Crippen molar-refractivity contribution >= 4 is 40.3 Å². The minimum Gasteiger partial charge on any atom is -0.452 e. The molecule has 2 amide bonds. The molecule has 4 aromatic rings. The SMILES string of the molecule is Cn1cncc1CNC(=O)Nc1ccc2c(c1)C(=O)C(=Cc1cn(C)c3nccc(N4CC5CCC(C4)O5)c13)O2. The monoisotopic (exact) mass is 539 g/mol. The van der Waals surface area contributed by atoms with Gasteiger partial charge in [0.05, 0.1) is 42.0 Å². The molecule has 2 atom stereocenters. The fraction of sp³-hybridized carbons (Fsp3) is 0.310. The molecule has 3 aliphatic rings. The molecule has 2 bridgehead atoms. The molecule has 1 aromatic carbocycles. The number of hydrogen-bond acceptors (Lipinski definition) is 7. The molecule has 40 heavy (non-hydrogen) atoms. The number of nitrogens with one attached hydrogen (secondary N) is 2. The number of urea groups is 1. The van der Waals surface area contributed by atoms with Gasteiger partial charge in [-0.3, -0.25) is 4.79 Å². The number of anilines is 2. The van der Waals surface area contributed by atoms with E-state index in [1.807, 2.05) is 41.7 Å². The highest BCUT2D eigenvalue weighted by Crippen LogP contribution is 2.38. The lowest BCUT2D eigenvalue weighted by molar-refractivity contribution is 0.0306. The Kier molecular flexibility index (Phi) is 5.81. The standard InChI is InChI=1S/C29H29N7O4/c1-34-13-17(26-23(7-8-31-28(26)34)36-14-20-4-5-21(15-36)39-20)9-25-27(37)22-10-18(3-6-24(22)40-25)33-29(38)32-12-19-11-30-16-35(19)2/h3,6-11,13,16,20-21H,4-5,12,14-15H2,1-2H3,(H2,32,33,38). The van der Waals surface area contributed by atoms with Crippen molar-refractivity contribution in [1.29, 1.82) is 0 Å². The Hall–Kier alpha value is -4.64. The number of benzene rings is 1. The molecule has 6 heterocycles. The van der Waals surface area contributed by atoms with E-state index in [0.717, 1.165) is 53.9 Å². The molecule has 0 spiro atoms. The number of morpholine rings is 1. The van der Waals surface area contributed by atoms with Gasteiger partial charge in [0.15, 0.2) is 5.76 Å². The van der Waals surface area contributed by atoms with E-state index >= 15 is 0 Å². The van der Waals surface area contributed by atoms with Crippen molar-refractivity contribution in [1.82, 2.24) is 24.4 Å². The van der Waals surface area contributed by atoms with E-state index in [1.54, 1.807) is 36.8 Å². The average molecular weight is 540 g/mol. The Morgan fingerprint density at radius 3 is 2.75 bits per heavy atom. The molecule has 2 saturated heterocycles. The molecule has 2 N–H and O–H groups in total. The number of nitrogens with zero attached hydrogens (tertiary/aromatic N) is 5. The fourth-order valence-corrected chi connectivity index (χ4v) is 5.81. The van der Waals surface area contributed by atoms with Gasteiger partial charge in [0.2, 0.25) is 5.78 Å². The van der Waals surface area contributed by atoms with Gasteiger partial charge in [-0.25, -0.2) is 14.8 Å². The largest absolute Gasteiger partial charge is 0.452 e. The summed E-state index contributed by atoms with van der Waals surface area (Å²) in [5.74, 6) is 0.457. The minimum absolute atomic E-state index is 0.233. The number of amides is 2. The molecule has 204 valence electrons. The summed E-state index contributed by atoms with van der Waals surface area (Å²) >= 11 is 0. The molecule has 0 aliphatic carbocycles. The minimum atomic E-state index is -0.379. The molecule has 0 radical (unpaired) electrons. The summed E-state index contributed by atoms with van der Waals surface area (Å²) in [6.07, 6.45) is 11.6. The van der Waals surface area contributed by atoms with Gasteiger partial charge in [-0.15, -0.1) is 0 Å². The van der Waals surface area contributed by atoms with Gasteiger partial charge >= 0.3 is 6.03 Å². The van der Waals surface area contributed by atoms with Gasteiger partial charge in [0.25, 0.3) is 0 Å². The lowest BCUT2D eigenvalue weighted by atomic mass is 10.1. The van der Waals surface area contributed by atoms with E-state index in [9.17, 15) is 9.59 Å². The molecule has 7 rings (SSSR count). The summed E-state index contributed by atoms with van der Waals surface area (Å²) in [7, 11) is 3.81. The second-order valence-corrected chi connectivity index (χ2v) is 10.5. The van der Waals surface area contributed by atoms with Gasteiger partial charge in [0.1, 0.15) is 11.4 Å². The number of Topliss-reactive ketones (excluding diaryl/α,β-unsaturated/α-hetero) is 1. The lowest BCUT2D eigenvalue weighted by Gasteiger charge is -2.34. The van der Waals surface area contributed by atoms with Crippen LogP contribution in [0.25, 0.3) is 17.1 Å². The van der Waals surface area contributed by atoms with E-state index in [4.69, 9.17) is 9.47 Å². The molecule has 3 aliphatic heterocycles. The van der Waals surface area contributed by atoms with E-state index in [1.165, 1.54) is 0 Å². The lowest BCUT2D eigenvalue weighted by Crippen LogP contribution is -2.42. The molecule has 0 saturated carbocycles. The third kappa shape index (κ3) is 4.28. The number of aromatic nitrogens is 4. The van der Waals surface area contributed by atoms with E-state index in [0.29, 0.717) is 23.5 Å². The number of hydrogen-bond donors (Lipinski definition) is 2. The zero-order chi connectivity index (χ0) is 27.4. The number of fused-ring (bicyclic) bond motifs is 4. The van der Waals surface area contributed by atoms with Gasteiger partial charge < -0.3 is 34.1 Å². The number of ketones is 1. The summed E-state index contributed by atoms with van der Waals surface area (Å²) in [6.45, 7) is 2.01. The topological polar surface area (TPSA) is 116 Å². The van der Waals surface area contributed by atoms with Crippen molar-refractivity contribution in [3.63, 3.8) is 0 Å². The van der Waals surface area contributed by atoms with Crippen LogP contribution in [-0.4, -0.2) is 56.2 Å². The van der Waals surface area contributed by atoms with Crippen LogP contribution in [0.3, 0.4) is 0 Å². The Labute approximate surface area is 230 Å². The fourth-order valence-electron chi connectivity index (χ4n) is 5.81. The third-order valence-corrected chi connectivity index (χ3v) is 7.81. The smallest absolute Gasteiger partial charge is 0.319 e. The van der Waals surface area contributed by atoms with Crippen molar-refractivity contribution in [3.05, 3.63) is 71.8 Å². The van der Waals surface area contributed by atoms with Crippen LogP contribution >= 0.6 is 0 Å². The molecular formula is C29H29N7O4. The third-order valence-electron chi connectivity index (χ3n) is 7.81. The first-order valence-electron chi connectivity index (χ1n) is 13.4. The Morgan fingerprint density at radius 2 is 1.98 bits per heavy atom. The van der Waals surface area contributed by atoms with Crippen LogP contribution < -0.4 is 20.3 Å². The second kappa shape index (κ2) is 9.53. The normalized spacial score (nSPS) is 20.7. The second-order valence-electron chi connectivity index (χ2n) is 10.5. The number of ether oxygens (including phenoxy) is 2. The maximum Gasteiger partial charge on any atom is 0.319 e. The van der Waals surface area contributed by atoms with Crippen LogP contribution in [0, 0.1) is 0 Å². The van der Waals surface area contributed by atoms with Crippen molar-refractivity contribution in [3.8, 4) is 5.75 Å². The van der Waals surface area contributed by atoms with E-state index < -0.39 is 0 Å². The highest BCUT2D eigenvalue weighted by Gasteiger charge is 2.35. The molecule has 2 fully saturated rings. The zero-order valence-electron chi connectivity index (χ0n) is 22.3. The quantitative estimate of drug-likeness (QED) is 0.372. The Morgan fingerprint density at radius 1 is 1.15 bits per heavy atom. The molecule has 11 nitrogen and oxygen atoms in total. The van der Waals surface area contributed by atoms with E-state index in [2.05, 4.69) is 25.5 Å². The van der Waals surface area contributed by atoms with Crippen LogP contribution in [-0.2, 0) is 25.4 Å².